The van der Waals surface area contributed by atoms with Gasteiger partial charge < -0.3 is 14.5 Å². The van der Waals surface area contributed by atoms with Gasteiger partial charge in [0, 0.05) is 37.7 Å². The van der Waals surface area contributed by atoms with Gasteiger partial charge in [0.25, 0.3) is 5.91 Å². The van der Waals surface area contributed by atoms with Crippen molar-refractivity contribution in [1.29, 1.82) is 0 Å². The van der Waals surface area contributed by atoms with E-state index in [1.165, 1.54) is 0 Å². The molecule has 2 fully saturated rings. The number of nitrogens with zero attached hydrogens (tertiary/aromatic N) is 2. The summed E-state index contributed by atoms with van der Waals surface area (Å²) in [6, 6.07) is 9.84. The first kappa shape index (κ1) is 20.4. The van der Waals surface area contributed by atoms with Crippen LogP contribution in [0.2, 0.25) is 0 Å². The molecule has 2 amide bonds. The second-order valence-corrected chi connectivity index (χ2v) is 7.53. The van der Waals surface area contributed by atoms with Gasteiger partial charge >= 0.3 is 0 Å². The van der Waals surface area contributed by atoms with E-state index in [1.54, 1.807) is 0 Å². The van der Waals surface area contributed by atoms with Crippen LogP contribution in [0.5, 0.6) is 0 Å². The molecule has 0 aromatic heterocycles. The minimum Gasteiger partial charge on any atom is -0.368 e. The summed E-state index contributed by atoms with van der Waals surface area (Å²) in [4.78, 5) is 29.2. The zero-order valence-corrected chi connectivity index (χ0v) is 16.7. The average molecular weight is 383 g/mol. The normalized spacial score (nSPS) is 19.8. The first-order chi connectivity index (χ1) is 13.7. The third-order valence-corrected chi connectivity index (χ3v) is 5.44. The van der Waals surface area contributed by atoms with Crippen molar-refractivity contribution < 1.29 is 14.3 Å². The van der Waals surface area contributed by atoms with Crippen molar-refractivity contribution in [2.24, 2.45) is 5.92 Å². The monoisotopic (exact) mass is 382 g/mol. The van der Waals surface area contributed by atoms with Crippen LogP contribution in [0, 0.1) is 17.8 Å². The summed E-state index contributed by atoms with van der Waals surface area (Å²) in [6.45, 7) is 5.22. The number of rotatable bonds is 5. The van der Waals surface area contributed by atoms with Gasteiger partial charge in [-0.05, 0) is 44.2 Å². The fourth-order valence-electron chi connectivity index (χ4n) is 3.88. The van der Waals surface area contributed by atoms with E-state index < -0.39 is 0 Å². The minimum atomic E-state index is -0.267. The molecular weight excluding hydrogens is 352 g/mol. The van der Waals surface area contributed by atoms with Gasteiger partial charge in [0.2, 0.25) is 5.91 Å². The van der Waals surface area contributed by atoms with Gasteiger partial charge in [-0.2, -0.15) is 0 Å². The average Bonchev–Trinajstić information content (AvgIpc) is 3.28. The molecule has 5 nitrogen and oxygen atoms in total. The molecular formula is C23H30N2O3. The van der Waals surface area contributed by atoms with E-state index in [9.17, 15) is 9.59 Å². The Labute approximate surface area is 168 Å². The molecule has 150 valence electrons. The number of likely N-dealkylation sites (tertiary alicyclic amines) is 1. The number of amides is 2. The lowest BCUT2D eigenvalue weighted by Gasteiger charge is -2.34. The van der Waals surface area contributed by atoms with E-state index in [1.807, 2.05) is 40.1 Å². The number of carbonyl (C=O) groups excluding carboxylic acids is 2. The van der Waals surface area contributed by atoms with E-state index in [4.69, 9.17) is 4.74 Å². The van der Waals surface area contributed by atoms with Gasteiger partial charge in [-0.25, -0.2) is 0 Å². The van der Waals surface area contributed by atoms with Crippen LogP contribution >= 0.6 is 0 Å². The van der Waals surface area contributed by atoms with E-state index in [-0.39, 0.29) is 23.8 Å². The van der Waals surface area contributed by atoms with Gasteiger partial charge in [0.05, 0.1) is 6.54 Å². The highest BCUT2D eigenvalue weighted by Gasteiger charge is 2.33. The summed E-state index contributed by atoms with van der Waals surface area (Å²) in [6.07, 6.45) is 3.88. The Morgan fingerprint density at radius 3 is 2.57 bits per heavy atom. The molecule has 0 bridgehead atoms. The molecule has 1 aromatic carbocycles. The fourth-order valence-corrected chi connectivity index (χ4v) is 3.88. The van der Waals surface area contributed by atoms with Crippen molar-refractivity contribution in [3.8, 4) is 11.8 Å². The van der Waals surface area contributed by atoms with Crippen LogP contribution in [-0.2, 0) is 14.3 Å². The van der Waals surface area contributed by atoms with E-state index in [0.717, 1.165) is 44.2 Å². The molecule has 2 aliphatic rings. The molecule has 3 rings (SSSR count). The van der Waals surface area contributed by atoms with Crippen LogP contribution in [0.1, 0.15) is 44.6 Å². The van der Waals surface area contributed by atoms with Gasteiger partial charge in [-0.15, -0.1) is 0 Å². The second-order valence-electron chi connectivity index (χ2n) is 7.53. The van der Waals surface area contributed by atoms with Crippen molar-refractivity contribution >= 4 is 11.8 Å². The van der Waals surface area contributed by atoms with Crippen LogP contribution in [0.4, 0.5) is 0 Å². The number of ether oxygens (including phenoxy) is 1. The number of benzene rings is 1. The highest BCUT2D eigenvalue weighted by atomic mass is 16.5. The molecule has 1 aromatic rings. The Bertz CT molecular complexity index is 708. The molecule has 2 saturated heterocycles. The van der Waals surface area contributed by atoms with Gasteiger partial charge in [-0.3, -0.25) is 9.59 Å². The Balaban J connectivity index is 1.52. The standard InChI is InChI=1S/C23H30N2O3/c1-2-14-24(15-6-10-19-8-4-3-5-9-19)22(26)20-12-16-25(17-13-20)23(27)21-11-7-18-28-21/h3-5,8-9,20-21H,2,7,11-18H2,1H3. The number of piperidine rings is 1. The summed E-state index contributed by atoms with van der Waals surface area (Å²) in [5.74, 6) is 6.54. The lowest BCUT2D eigenvalue weighted by atomic mass is 9.94. The highest BCUT2D eigenvalue weighted by Crippen LogP contribution is 2.23. The van der Waals surface area contributed by atoms with Gasteiger partial charge in [0.1, 0.15) is 6.10 Å². The maximum absolute atomic E-state index is 13.0. The quantitative estimate of drug-likeness (QED) is 0.736. The fraction of sp³-hybridized carbons (Fsp3) is 0.565. The number of carbonyl (C=O) groups is 2. The molecule has 0 radical (unpaired) electrons. The lowest BCUT2D eigenvalue weighted by molar-refractivity contribution is -0.145. The molecule has 2 aliphatic heterocycles. The second kappa shape index (κ2) is 10.3. The molecule has 1 unspecified atom stereocenters. The molecule has 1 atom stereocenters. The van der Waals surface area contributed by atoms with Crippen molar-refractivity contribution in [3.63, 3.8) is 0 Å². The van der Waals surface area contributed by atoms with E-state index in [2.05, 4.69) is 18.8 Å². The topological polar surface area (TPSA) is 49.9 Å². The smallest absolute Gasteiger partial charge is 0.251 e. The molecule has 2 heterocycles. The summed E-state index contributed by atoms with van der Waals surface area (Å²) < 4.78 is 5.51. The highest BCUT2D eigenvalue weighted by molar-refractivity contribution is 5.82. The molecule has 0 saturated carbocycles. The van der Waals surface area contributed by atoms with Crippen molar-refractivity contribution in [1.82, 2.24) is 9.80 Å². The summed E-state index contributed by atoms with van der Waals surface area (Å²) in [5.41, 5.74) is 0.965. The molecule has 0 N–H and O–H groups in total. The number of hydrogen-bond acceptors (Lipinski definition) is 3. The zero-order chi connectivity index (χ0) is 19.8. The molecule has 5 heteroatoms. The van der Waals surface area contributed by atoms with Crippen LogP contribution in [0.25, 0.3) is 0 Å². The largest absolute Gasteiger partial charge is 0.368 e. The third-order valence-electron chi connectivity index (χ3n) is 5.44. The van der Waals surface area contributed by atoms with Crippen molar-refractivity contribution in [2.75, 3.05) is 32.8 Å². The predicted octanol–water partition coefficient (Wildman–Crippen LogP) is 2.69. The lowest BCUT2D eigenvalue weighted by Crippen LogP contribution is -2.47. The Morgan fingerprint density at radius 2 is 1.93 bits per heavy atom. The maximum atomic E-state index is 13.0. The van der Waals surface area contributed by atoms with Gasteiger partial charge in [-0.1, -0.05) is 37.0 Å². The molecule has 0 aliphatic carbocycles. The Hall–Kier alpha value is -2.32. The van der Waals surface area contributed by atoms with Crippen LogP contribution in [0.15, 0.2) is 30.3 Å². The maximum Gasteiger partial charge on any atom is 0.251 e. The first-order valence-corrected chi connectivity index (χ1v) is 10.4. The Morgan fingerprint density at radius 1 is 1.18 bits per heavy atom. The predicted molar refractivity (Wildman–Crippen MR) is 108 cm³/mol. The van der Waals surface area contributed by atoms with Crippen LogP contribution in [-0.4, -0.2) is 60.5 Å². The minimum absolute atomic E-state index is 0.0152. The third kappa shape index (κ3) is 5.36. The Kier molecular flexibility index (Phi) is 7.50. The summed E-state index contributed by atoms with van der Waals surface area (Å²) >= 11 is 0. The first-order valence-electron chi connectivity index (χ1n) is 10.4. The zero-order valence-electron chi connectivity index (χ0n) is 16.7. The summed E-state index contributed by atoms with van der Waals surface area (Å²) in [7, 11) is 0. The van der Waals surface area contributed by atoms with Gasteiger partial charge in [0.15, 0.2) is 0 Å². The SMILES string of the molecule is CCCN(CC#Cc1ccccc1)C(=O)C1CCN(C(=O)C2CCCO2)CC1. The van der Waals surface area contributed by atoms with E-state index >= 15 is 0 Å². The van der Waals surface area contributed by atoms with Crippen LogP contribution < -0.4 is 0 Å². The van der Waals surface area contributed by atoms with E-state index in [0.29, 0.717) is 26.2 Å². The summed E-state index contributed by atoms with van der Waals surface area (Å²) in [5, 5.41) is 0. The van der Waals surface area contributed by atoms with Crippen molar-refractivity contribution in [2.45, 2.75) is 45.1 Å². The molecule has 0 spiro atoms. The number of hydrogen-bond donors (Lipinski definition) is 0. The van der Waals surface area contributed by atoms with Crippen LogP contribution in [0.3, 0.4) is 0 Å². The molecule has 28 heavy (non-hydrogen) atoms. The van der Waals surface area contributed by atoms with Crippen molar-refractivity contribution in [3.05, 3.63) is 35.9 Å².